The van der Waals surface area contributed by atoms with Crippen molar-refractivity contribution in [3.05, 3.63) is 70.8 Å². The molecule has 3 heteroatoms. The van der Waals surface area contributed by atoms with Crippen molar-refractivity contribution in [1.82, 2.24) is 5.43 Å². The van der Waals surface area contributed by atoms with Crippen LogP contribution in [0.2, 0.25) is 0 Å². The molecular formula is C22H28N2O. The molecule has 0 bridgehead atoms. The van der Waals surface area contributed by atoms with Gasteiger partial charge in [0.15, 0.2) is 0 Å². The first-order chi connectivity index (χ1) is 11.8. The fourth-order valence-corrected chi connectivity index (χ4v) is 2.59. The van der Waals surface area contributed by atoms with Crippen LogP contribution in [0, 0.1) is 0 Å². The Labute approximate surface area is 151 Å². The molecule has 0 saturated heterocycles. The second kappa shape index (κ2) is 8.11. The van der Waals surface area contributed by atoms with E-state index >= 15 is 0 Å². The largest absolute Gasteiger partial charge is 0.271 e. The van der Waals surface area contributed by atoms with Gasteiger partial charge in [-0.15, -0.1) is 0 Å². The standard InChI is InChI=1S/C22H28N2O/c1-6-7-17-8-10-18(11-9-17)16(2)23-24-21(25)19-12-14-20(15-13-19)22(3,4)5/h8-15H,6-7H2,1-5H3,(H,24,25)/b23-16+. The lowest BCUT2D eigenvalue weighted by molar-refractivity contribution is 0.0955. The number of rotatable bonds is 5. The van der Waals surface area contributed by atoms with Crippen LogP contribution in [0.15, 0.2) is 53.6 Å². The first-order valence-electron chi connectivity index (χ1n) is 8.85. The summed E-state index contributed by atoms with van der Waals surface area (Å²) >= 11 is 0. The summed E-state index contributed by atoms with van der Waals surface area (Å²) in [6.07, 6.45) is 2.22. The molecule has 0 aliphatic rings. The molecule has 0 fully saturated rings. The molecule has 0 saturated carbocycles. The summed E-state index contributed by atoms with van der Waals surface area (Å²) in [5.41, 5.74) is 7.67. The highest BCUT2D eigenvalue weighted by Crippen LogP contribution is 2.22. The smallest absolute Gasteiger partial charge is 0.267 e. The van der Waals surface area contributed by atoms with Gasteiger partial charge in [-0.25, -0.2) is 5.43 Å². The van der Waals surface area contributed by atoms with Gasteiger partial charge in [-0.05, 0) is 47.6 Å². The molecule has 0 heterocycles. The van der Waals surface area contributed by atoms with Crippen LogP contribution >= 0.6 is 0 Å². The summed E-state index contributed by atoms with van der Waals surface area (Å²) < 4.78 is 0. The van der Waals surface area contributed by atoms with Gasteiger partial charge in [0.05, 0.1) is 5.71 Å². The molecule has 2 aromatic rings. The quantitative estimate of drug-likeness (QED) is 0.599. The Morgan fingerprint density at radius 2 is 1.52 bits per heavy atom. The fraction of sp³-hybridized carbons (Fsp3) is 0.364. The molecule has 0 aromatic heterocycles. The fourth-order valence-electron chi connectivity index (χ4n) is 2.59. The Bertz CT molecular complexity index is 735. The molecule has 25 heavy (non-hydrogen) atoms. The Kier molecular flexibility index (Phi) is 6.13. The van der Waals surface area contributed by atoms with Crippen molar-refractivity contribution < 1.29 is 4.79 Å². The SMILES string of the molecule is CCCc1ccc(/C(C)=N/NC(=O)c2ccc(C(C)(C)C)cc2)cc1. The summed E-state index contributed by atoms with van der Waals surface area (Å²) in [6, 6.07) is 16.0. The van der Waals surface area contributed by atoms with E-state index in [1.54, 1.807) is 0 Å². The van der Waals surface area contributed by atoms with Crippen molar-refractivity contribution in [3.63, 3.8) is 0 Å². The minimum absolute atomic E-state index is 0.0771. The number of hydrogen-bond donors (Lipinski definition) is 1. The number of hydrazone groups is 1. The van der Waals surface area contributed by atoms with Crippen LogP contribution in [-0.4, -0.2) is 11.6 Å². The van der Waals surface area contributed by atoms with Crippen LogP contribution in [0.3, 0.4) is 0 Å². The van der Waals surface area contributed by atoms with E-state index in [4.69, 9.17) is 0 Å². The maximum atomic E-state index is 12.3. The number of amides is 1. The molecule has 1 amide bonds. The highest BCUT2D eigenvalue weighted by molar-refractivity contribution is 6.00. The van der Waals surface area contributed by atoms with Gasteiger partial charge in [0.2, 0.25) is 0 Å². The Hall–Kier alpha value is -2.42. The number of aryl methyl sites for hydroxylation is 1. The number of nitrogens with zero attached hydrogens (tertiary/aromatic N) is 1. The molecule has 0 aliphatic heterocycles. The molecule has 132 valence electrons. The summed E-state index contributed by atoms with van der Waals surface area (Å²) in [6.45, 7) is 10.5. The number of hydrogen-bond acceptors (Lipinski definition) is 2. The van der Waals surface area contributed by atoms with E-state index in [1.165, 1.54) is 11.1 Å². The molecule has 2 rings (SSSR count). The molecule has 2 aromatic carbocycles. The van der Waals surface area contributed by atoms with Gasteiger partial charge in [0.1, 0.15) is 0 Å². The molecular weight excluding hydrogens is 308 g/mol. The molecule has 3 nitrogen and oxygen atoms in total. The predicted octanol–water partition coefficient (Wildman–Crippen LogP) is 5.09. The molecule has 0 aliphatic carbocycles. The van der Waals surface area contributed by atoms with Crippen LogP contribution in [0.5, 0.6) is 0 Å². The third-order valence-corrected chi connectivity index (χ3v) is 4.25. The van der Waals surface area contributed by atoms with Gasteiger partial charge in [0, 0.05) is 5.56 Å². The van der Waals surface area contributed by atoms with E-state index in [-0.39, 0.29) is 11.3 Å². The van der Waals surface area contributed by atoms with E-state index < -0.39 is 0 Å². The average Bonchev–Trinajstić information content (AvgIpc) is 2.59. The first kappa shape index (κ1) is 18.9. The Morgan fingerprint density at radius 3 is 2.04 bits per heavy atom. The monoisotopic (exact) mass is 336 g/mol. The number of nitrogens with one attached hydrogen (secondary N) is 1. The lowest BCUT2D eigenvalue weighted by Crippen LogP contribution is -2.20. The van der Waals surface area contributed by atoms with Crippen molar-refractivity contribution in [2.24, 2.45) is 5.10 Å². The molecule has 0 spiro atoms. The second-order valence-electron chi connectivity index (χ2n) is 7.41. The Morgan fingerprint density at radius 1 is 0.960 bits per heavy atom. The molecule has 0 unspecified atom stereocenters. The van der Waals surface area contributed by atoms with Crippen molar-refractivity contribution in [2.45, 2.75) is 52.9 Å². The van der Waals surface area contributed by atoms with Crippen LogP contribution in [0.25, 0.3) is 0 Å². The van der Waals surface area contributed by atoms with E-state index in [1.807, 2.05) is 43.3 Å². The van der Waals surface area contributed by atoms with E-state index in [9.17, 15) is 4.79 Å². The predicted molar refractivity (Wildman–Crippen MR) is 105 cm³/mol. The van der Waals surface area contributed by atoms with Gasteiger partial charge in [-0.3, -0.25) is 4.79 Å². The zero-order valence-electron chi connectivity index (χ0n) is 15.9. The lowest BCUT2D eigenvalue weighted by atomic mass is 9.87. The second-order valence-corrected chi connectivity index (χ2v) is 7.41. The van der Waals surface area contributed by atoms with Crippen LogP contribution < -0.4 is 5.43 Å². The van der Waals surface area contributed by atoms with Gasteiger partial charge in [-0.2, -0.15) is 5.10 Å². The third-order valence-electron chi connectivity index (χ3n) is 4.25. The van der Waals surface area contributed by atoms with Crippen LogP contribution in [0.1, 0.15) is 68.1 Å². The summed E-state index contributed by atoms with van der Waals surface area (Å²) in [4.78, 5) is 12.3. The number of carbonyl (C=O) groups excluding carboxylic acids is 1. The highest BCUT2D eigenvalue weighted by Gasteiger charge is 2.14. The van der Waals surface area contributed by atoms with E-state index in [0.29, 0.717) is 5.56 Å². The topological polar surface area (TPSA) is 41.5 Å². The maximum Gasteiger partial charge on any atom is 0.271 e. The third kappa shape index (κ3) is 5.28. The minimum Gasteiger partial charge on any atom is -0.267 e. The van der Waals surface area contributed by atoms with Crippen molar-refractivity contribution in [1.29, 1.82) is 0 Å². The maximum absolute atomic E-state index is 12.3. The van der Waals surface area contributed by atoms with Crippen LogP contribution in [-0.2, 0) is 11.8 Å². The van der Waals surface area contributed by atoms with Crippen molar-refractivity contribution >= 4 is 11.6 Å². The average molecular weight is 336 g/mol. The molecule has 0 radical (unpaired) electrons. The lowest BCUT2D eigenvalue weighted by Gasteiger charge is -2.18. The summed E-state index contributed by atoms with van der Waals surface area (Å²) in [5, 5.41) is 4.23. The van der Waals surface area contributed by atoms with E-state index in [0.717, 1.165) is 24.1 Å². The minimum atomic E-state index is -0.192. The first-order valence-corrected chi connectivity index (χ1v) is 8.85. The Balaban J connectivity index is 2.03. The molecule has 1 N–H and O–H groups in total. The van der Waals surface area contributed by atoms with Crippen LogP contribution in [0.4, 0.5) is 0 Å². The number of benzene rings is 2. The summed E-state index contributed by atoms with van der Waals surface area (Å²) in [5.74, 6) is -0.192. The van der Waals surface area contributed by atoms with Crippen molar-refractivity contribution in [2.75, 3.05) is 0 Å². The van der Waals surface area contributed by atoms with Crippen molar-refractivity contribution in [3.8, 4) is 0 Å². The van der Waals surface area contributed by atoms with Gasteiger partial charge >= 0.3 is 0 Å². The zero-order valence-corrected chi connectivity index (χ0v) is 15.9. The van der Waals surface area contributed by atoms with Gasteiger partial charge in [0.25, 0.3) is 5.91 Å². The highest BCUT2D eigenvalue weighted by atomic mass is 16.2. The zero-order chi connectivity index (χ0) is 18.4. The van der Waals surface area contributed by atoms with Gasteiger partial charge < -0.3 is 0 Å². The summed E-state index contributed by atoms with van der Waals surface area (Å²) in [7, 11) is 0. The van der Waals surface area contributed by atoms with Gasteiger partial charge in [-0.1, -0.05) is 70.5 Å². The van der Waals surface area contributed by atoms with E-state index in [2.05, 4.69) is 50.4 Å². The normalized spacial score (nSPS) is 12.1. The number of carbonyl (C=O) groups is 1. The molecule has 0 atom stereocenters.